The number of carbonyl (C=O) groups is 1. The van der Waals surface area contributed by atoms with Crippen LogP contribution in [-0.2, 0) is 6.54 Å². The van der Waals surface area contributed by atoms with Gasteiger partial charge in [-0.15, -0.1) is 0 Å². The van der Waals surface area contributed by atoms with E-state index in [2.05, 4.69) is 4.98 Å². The van der Waals surface area contributed by atoms with E-state index in [4.69, 9.17) is 5.11 Å². The quantitative estimate of drug-likeness (QED) is 0.934. The van der Waals surface area contributed by atoms with Crippen LogP contribution in [-0.4, -0.2) is 23.1 Å². The molecule has 0 spiro atoms. The Hall–Kier alpha value is -2.50. The van der Waals surface area contributed by atoms with Crippen LogP contribution in [0.3, 0.4) is 0 Å². The SMILES string of the molecule is CN(Cc1c(F)cccc1F)c1ccc(C(=O)O)cn1. The molecule has 104 valence electrons. The zero-order valence-electron chi connectivity index (χ0n) is 10.7. The van der Waals surface area contributed by atoms with Crippen molar-refractivity contribution >= 4 is 11.8 Å². The molecule has 0 aliphatic rings. The average Bonchev–Trinajstić information content (AvgIpc) is 2.43. The highest BCUT2D eigenvalue weighted by Gasteiger charge is 2.12. The molecular weight excluding hydrogens is 266 g/mol. The first-order chi connectivity index (χ1) is 9.49. The summed E-state index contributed by atoms with van der Waals surface area (Å²) in [4.78, 5) is 16.2. The number of carboxylic acids is 1. The average molecular weight is 278 g/mol. The Kier molecular flexibility index (Phi) is 3.93. The standard InChI is InChI=1S/C14H12F2N2O2/c1-18(8-10-11(15)3-2-4-12(10)16)13-6-5-9(7-17-13)14(19)20/h2-7H,8H2,1H3,(H,19,20). The molecular formula is C14H12F2N2O2. The number of hydrogen-bond acceptors (Lipinski definition) is 3. The number of benzene rings is 1. The first-order valence-corrected chi connectivity index (χ1v) is 5.82. The van der Waals surface area contributed by atoms with Gasteiger partial charge in [-0.3, -0.25) is 0 Å². The van der Waals surface area contributed by atoms with E-state index in [1.165, 1.54) is 41.4 Å². The number of pyridine rings is 1. The first kappa shape index (κ1) is 13.9. The molecule has 0 saturated carbocycles. The van der Waals surface area contributed by atoms with Crippen molar-refractivity contribution in [2.75, 3.05) is 11.9 Å². The summed E-state index contributed by atoms with van der Waals surface area (Å²) in [5.41, 5.74) is -0.00154. The Bertz CT molecular complexity index is 609. The van der Waals surface area contributed by atoms with Crippen molar-refractivity contribution in [3.63, 3.8) is 0 Å². The maximum atomic E-state index is 13.5. The lowest BCUT2D eigenvalue weighted by molar-refractivity contribution is 0.0696. The van der Waals surface area contributed by atoms with Crippen LogP contribution in [0.4, 0.5) is 14.6 Å². The van der Waals surface area contributed by atoms with Crippen LogP contribution >= 0.6 is 0 Å². The molecule has 0 radical (unpaired) electrons. The third-order valence-corrected chi connectivity index (χ3v) is 2.84. The number of rotatable bonds is 4. The molecule has 2 rings (SSSR count). The first-order valence-electron chi connectivity index (χ1n) is 5.82. The number of halogens is 2. The second-order valence-electron chi connectivity index (χ2n) is 4.27. The second-order valence-corrected chi connectivity index (χ2v) is 4.27. The second kappa shape index (κ2) is 5.64. The van der Waals surface area contributed by atoms with Gasteiger partial charge >= 0.3 is 5.97 Å². The fourth-order valence-electron chi connectivity index (χ4n) is 1.74. The molecule has 0 aliphatic heterocycles. The Morgan fingerprint density at radius 3 is 2.40 bits per heavy atom. The minimum Gasteiger partial charge on any atom is -0.478 e. The summed E-state index contributed by atoms with van der Waals surface area (Å²) in [7, 11) is 1.62. The van der Waals surface area contributed by atoms with Gasteiger partial charge in [0.15, 0.2) is 0 Å². The van der Waals surface area contributed by atoms with Gasteiger partial charge in [-0.1, -0.05) is 6.07 Å². The summed E-state index contributed by atoms with van der Waals surface area (Å²) in [5.74, 6) is -1.90. The molecule has 1 aromatic carbocycles. The minimum absolute atomic E-state index is 0.00206. The number of nitrogens with zero attached hydrogens (tertiary/aromatic N) is 2. The number of aromatic carboxylic acids is 1. The molecule has 1 aromatic heterocycles. The molecule has 0 unspecified atom stereocenters. The Morgan fingerprint density at radius 1 is 1.25 bits per heavy atom. The van der Waals surface area contributed by atoms with Crippen molar-refractivity contribution in [3.8, 4) is 0 Å². The van der Waals surface area contributed by atoms with Gasteiger partial charge in [-0.25, -0.2) is 18.6 Å². The fraction of sp³-hybridized carbons (Fsp3) is 0.143. The van der Waals surface area contributed by atoms with Gasteiger partial charge in [0.1, 0.15) is 17.5 Å². The van der Waals surface area contributed by atoms with Crippen LogP contribution < -0.4 is 4.90 Å². The van der Waals surface area contributed by atoms with Crippen molar-refractivity contribution in [3.05, 3.63) is 59.3 Å². The molecule has 0 saturated heterocycles. The maximum Gasteiger partial charge on any atom is 0.337 e. The number of anilines is 1. The summed E-state index contributed by atoms with van der Waals surface area (Å²) < 4.78 is 27.1. The topological polar surface area (TPSA) is 53.4 Å². The van der Waals surface area contributed by atoms with Crippen molar-refractivity contribution in [2.24, 2.45) is 0 Å². The summed E-state index contributed by atoms with van der Waals surface area (Å²) >= 11 is 0. The van der Waals surface area contributed by atoms with E-state index in [0.29, 0.717) is 5.82 Å². The van der Waals surface area contributed by atoms with Gasteiger partial charge in [-0.05, 0) is 24.3 Å². The normalized spacial score (nSPS) is 10.3. The van der Waals surface area contributed by atoms with Gasteiger partial charge < -0.3 is 10.0 Å². The van der Waals surface area contributed by atoms with Crippen LogP contribution in [0.5, 0.6) is 0 Å². The molecule has 0 bridgehead atoms. The highest BCUT2D eigenvalue weighted by atomic mass is 19.1. The third-order valence-electron chi connectivity index (χ3n) is 2.84. The number of aromatic nitrogens is 1. The zero-order chi connectivity index (χ0) is 14.7. The Labute approximate surface area is 114 Å². The van der Waals surface area contributed by atoms with E-state index in [0.717, 1.165) is 0 Å². The van der Waals surface area contributed by atoms with E-state index >= 15 is 0 Å². The summed E-state index contributed by atoms with van der Waals surface area (Å²) in [6, 6.07) is 6.55. The molecule has 1 N–H and O–H groups in total. The van der Waals surface area contributed by atoms with E-state index in [1.807, 2.05) is 0 Å². The molecule has 0 fully saturated rings. The minimum atomic E-state index is -1.08. The van der Waals surface area contributed by atoms with Gasteiger partial charge in [0.05, 0.1) is 5.56 Å². The predicted molar refractivity (Wildman–Crippen MR) is 69.7 cm³/mol. The molecule has 1 heterocycles. The third kappa shape index (κ3) is 2.90. The lowest BCUT2D eigenvalue weighted by atomic mass is 10.2. The highest BCUT2D eigenvalue weighted by Crippen LogP contribution is 2.17. The van der Waals surface area contributed by atoms with E-state index in [1.54, 1.807) is 7.05 Å². The molecule has 20 heavy (non-hydrogen) atoms. The predicted octanol–water partition coefficient (Wildman–Crippen LogP) is 2.69. The molecule has 0 aliphatic carbocycles. The maximum absolute atomic E-state index is 13.5. The zero-order valence-corrected chi connectivity index (χ0v) is 10.7. The monoisotopic (exact) mass is 278 g/mol. The van der Waals surface area contributed by atoms with Crippen LogP contribution in [0, 0.1) is 11.6 Å². The van der Waals surface area contributed by atoms with Gasteiger partial charge in [0.25, 0.3) is 0 Å². The summed E-state index contributed by atoms with van der Waals surface area (Å²) in [5, 5.41) is 8.77. The van der Waals surface area contributed by atoms with Gasteiger partial charge in [-0.2, -0.15) is 0 Å². The van der Waals surface area contributed by atoms with E-state index in [-0.39, 0.29) is 17.7 Å². The summed E-state index contributed by atoms with van der Waals surface area (Å²) in [6.07, 6.45) is 1.20. The summed E-state index contributed by atoms with van der Waals surface area (Å²) in [6.45, 7) is -0.00206. The van der Waals surface area contributed by atoms with Crippen molar-refractivity contribution < 1.29 is 18.7 Å². The van der Waals surface area contributed by atoms with Crippen LogP contribution in [0.15, 0.2) is 36.5 Å². The number of carboxylic acid groups (broad SMARTS) is 1. The Balaban J connectivity index is 2.19. The lowest BCUT2D eigenvalue weighted by Crippen LogP contribution is -2.19. The van der Waals surface area contributed by atoms with Crippen molar-refractivity contribution in [2.45, 2.75) is 6.54 Å². The van der Waals surface area contributed by atoms with Crippen LogP contribution in [0.2, 0.25) is 0 Å². The molecule has 0 amide bonds. The molecule has 6 heteroatoms. The van der Waals surface area contributed by atoms with Gasteiger partial charge in [0.2, 0.25) is 0 Å². The van der Waals surface area contributed by atoms with Crippen molar-refractivity contribution in [1.29, 1.82) is 0 Å². The molecule has 2 aromatic rings. The lowest BCUT2D eigenvalue weighted by Gasteiger charge is -2.18. The number of hydrogen-bond donors (Lipinski definition) is 1. The largest absolute Gasteiger partial charge is 0.478 e. The van der Waals surface area contributed by atoms with Crippen molar-refractivity contribution in [1.82, 2.24) is 4.98 Å². The van der Waals surface area contributed by atoms with Gasteiger partial charge in [0, 0.05) is 25.4 Å². The van der Waals surface area contributed by atoms with Crippen LogP contribution in [0.25, 0.3) is 0 Å². The highest BCUT2D eigenvalue weighted by molar-refractivity contribution is 5.87. The van der Waals surface area contributed by atoms with E-state index in [9.17, 15) is 13.6 Å². The van der Waals surface area contributed by atoms with Crippen LogP contribution in [0.1, 0.15) is 15.9 Å². The fourth-order valence-corrected chi connectivity index (χ4v) is 1.74. The molecule has 0 atom stereocenters. The molecule has 4 nitrogen and oxygen atoms in total. The Morgan fingerprint density at radius 2 is 1.90 bits per heavy atom. The smallest absolute Gasteiger partial charge is 0.337 e. The van der Waals surface area contributed by atoms with E-state index < -0.39 is 17.6 Å².